The summed E-state index contributed by atoms with van der Waals surface area (Å²) in [5.41, 5.74) is 3.15. The maximum Gasteiger partial charge on any atom is 0.416 e. The lowest BCUT2D eigenvalue weighted by Gasteiger charge is -2.36. The normalized spacial score (nSPS) is 15.2. The number of piperazine rings is 1. The SMILES string of the molecule is O=C(c1cccc(-c2cnc3c(c2)N(Cc2cc(Cl)ccc2C(F)(F)F)CCN3)c1)N1CCN(c2ccccc2Cl)CC1. The lowest BCUT2D eigenvalue weighted by Crippen LogP contribution is -2.48. The van der Waals surface area contributed by atoms with Crippen molar-refractivity contribution in [1.82, 2.24) is 9.88 Å². The third-order valence-corrected chi connectivity index (χ3v) is 8.37. The minimum atomic E-state index is -4.49. The van der Waals surface area contributed by atoms with E-state index in [4.69, 9.17) is 23.2 Å². The zero-order valence-electron chi connectivity index (χ0n) is 23.0. The van der Waals surface area contributed by atoms with Gasteiger partial charge in [-0.2, -0.15) is 13.2 Å². The molecular formula is C32H28Cl2F3N5O. The van der Waals surface area contributed by atoms with Crippen molar-refractivity contribution < 1.29 is 18.0 Å². The van der Waals surface area contributed by atoms with Crippen molar-refractivity contribution in [3.8, 4) is 11.1 Å². The van der Waals surface area contributed by atoms with Crippen molar-refractivity contribution in [2.75, 3.05) is 54.4 Å². The van der Waals surface area contributed by atoms with Gasteiger partial charge in [0.15, 0.2) is 0 Å². The largest absolute Gasteiger partial charge is 0.416 e. The fourth-order valence-corrected chi connectivity index (χ4v) is 6.08. The number of hydrogen-bond acceptors (Lipinski definition) is 5. The molecule has 1 fully saturated rings. The monoisotopic (exact) mass is 625 g/mol. The average molecular weight is 627 g/mol. The van der Waals surface area contributed by atoms with Crippen LogP contribution in [0.25, 0.3) is 11.1 Å². The highest BCUT2D eigenvalue weighted by molar-refractivity contribution is 6.33. The topological polar surface area (TPSA) is 51.7 Å². The maximum absolute atomic E-state index is 13.7. The molecule has 6 rings (SSSR count). The third-order valence-electron chi connectivity index (χ3n) is 7.82. The number of anilines is 3. The summed E-state index contributed by atoms with van der Waals surface area (Å²) in [4.78, 5) is 23.9. The van der Waals surface area contributed by atoms with Crippen molar-refractivity contribution in [3.05, 3.63) is 106 Å². The first-order chi connectivity index (χ1) is 20.7. The number of nitrogens with one attached hydrogen (secondary N) is 1. The van der Waals surface area contributed by atoms with Gasteiger partial charge < -0.3 is 20.0 Å². The molecule has 0 unspecified atom stereocenters. The molecular weight excluding hydrogens is 598 g/mol. The summed E-state index contributed by atoms with van der Waals surface area (Å²) in [6.07, 6.45) is -2.78. The lowest BCUT2D eigenvalue weighted by atomic mass is 10.0. The number of carbonyl (C=O) groups is 1. The van der Waals surface area contributed by atoms with E-state index in [1.165, 1.54) is 12.1 Å². The molecule has 43 heavy (non-hydrogen) atoms. The van der Waals surface area contributed by atoms with Crippen LogP contribution < -0.4 is 15.1 Å². The number of pyridine rings is 1. The average Bonchev–Trinajstić information content (AvgIpc) is 3.00. The smallest absolute Gasteiger partial charge is 0.367 e. The van der Waals surface area contributed by atoms with E-state index in [0.717, 1.165) is 22.9 Å². The number of nitrogens with zero attached hydrogens (tertiary/aromatic N) is 4. The summed E-state index contributed by atoms with van der Waals surface area (Å²) in [7, 11) is 0. The summed E-state index contributed by atoms with van der Waals surface area (Å²) >= 11 is 12.4. The van der Waals surface area contributed by atoms with E-state index < -0.39 is 11.7 Å². The number of carbonyl (C=O) groups excluding carboxylic acids is 1. The summed E-state index contributed by atoms with van der Waals surface area (Å²) in [6, 6.07) is 20.6. The molecule has 0 atom stereocenters. The highest BCUT2D eigenvalue weighted by Crippen LogP contribution is 2.37. The van der Waals surface area contributed by atoms with Gasteiger partial charge in [0.05, 0.1) is 22.0 Å². The highest BCUT2D eigenvalue weighted by atomic mass is 35.5. The molecule has 1 amide bonds. The molecule has 2 aliphatic heterocycles. The zero-order valence-corrected chi connectivity index (χ0v) is 24.6. The van der Waals surface area contributed by atoms with Gasteiger partial charge in [-0.05, 0) is 59.7 Å². The molecule has 4 aromatic rings. The van der Waals surface area contributed by atoms with Crippen LogP contribution in [0, 0.1) is 0 Å². The van der Waals surface area contributed by atoms with Gasteiger partial charge in [0.1, 0.15) is 5.82 Å². The molecule has 0 bridgehead atoms. The molecule has 222 valence electrons. The summed E-state index contributed by atoms with van der Waals surface area (Å²) < 4.78 is 41.2. The Morgan fingerprint density at radius 2 is 1.65 bits per heavy atom. The van der Waals surface area contributed by atoms with Gasteiger partial charge >= 0.3 is 6.18 Å². The molecule has 1 saturated heterocycles. The lowest BCUT2D eigenvalue weighted by molar-refractivity contribution is -0.138. The van der Waals surface area contributed by atoms with Crippen LogP contribution in [0.2, 0.25) is 10.0 Å². The second-order valence-corrected chi connectivity index (χ2v) is 11.4. The first-order valence-corrected chi connectivity index (χ1v) is 14.7. The van der Waals surface area contributed by atoms with Crippen LogP contribution >= 0.6 is 23.2 Å². The van der Waals surface area contributed by atoms with Crippen molar-refractivity contribution >= 4 is 46.3 Å². The minimum Gasteiger partial charge on any atom is -0.367 e. The van der Waals surface area contributed by atoms with Gasteiger partial charge in [-0.3, -0.25) is 4.79 Å². The van der Waals surface area contributed by atoms with Crippen LogP contribution in [0.4, 0.5) is 30.4 Å². The summed E-state index contributed by atoms with van der Waals surface area (Å²) in [5.74, 6) is 0.532. The molecule has 11 heteroatoms. The molecule has 3 aromatic carbocycles. The number of alkyl halides is 3. The first-order valence-electron chi connectivity index (χ1n) is 13.9. The molecule has 0 spiro atoms. The van der Waals surface area contributed by atoms with Gasteiger partial charge in [0.2, 0.25) is 0 Å². The number of rotatable bonds is 5. The Morgan fingerprint density at radius 1 is 0.860 bits per heavy atom. The molecule has 2 aliphatic rings. The molecule has 1 aromatic heterocycles. The number of halogens is 5. The van der Waals surface area contributed by atoms with E-state index in [1.807, 2.05) is 58.3 Å². The third kappa shape index (κ3) is 6.24. The number of benzene rings is 3. The molecule has 0 saturated carbocycles. The Hall–Kier alpha value is -3.95. The molecule has 0 aliphatic carbocycles. The second kappa shape index (κ2) is 12.0. The number of amides is 1. The summed E-state index contributed by atoms with van der Waals surface area (Å²) in [6.45, 7) is 3.53. The van der Waals surface area contributed by atoms with Crippen LogP contribution in [0.15, 0.2) is 79.0 Å². The highest BCUT2D eigenvalue weighted by Gasteiger charge is 2.34. The van der Waals surface area contributed by atoms with Crippen molar-refractivity contribution in [1.29, 1.82) is 0 Å². The van der Waals surface area contributed by atoms with Crippen LogP contribution in [0.1, 0.15) is 21.5 Å². The molecule has 1 N–H and O–H groups in total. The summed E-state index contributed by atoms with van der Waals surface area (Å²) in [5, 5.41) is 4.17. The van der Waals surface area contributed by atoms with Crippen LogP contribution in [-0.2, 0) is 12.7 Å². The van der Waals surface area contributed by atoms with E-state index in [2.05, 4.69) is 15.2 Å². The molecule has 0 radical (unpaired) electrons. The Bertz CT molecular complexity index is 1660. The maximum atomic E-state index is 13.7. The molecule has 3 heterocycles. The van der Waals surface area contributed by atoms with Crippen molar-refractivity contribution in [2.45, 2.75) is 12.7 Å². The standard InChI is InChI=1S/C32H28Cl2F3N5O/c33-25-8-9-26(32(35,36)37)24(17-25)20-42-11-10-38-30-29(42)18-23(19-39-30)21-4-3-5-22(16-21)31(43)41-14-12-40(13-15-41)28-7-2-1-6-27(28)34/h1-9,16-19H,10-15,20H2,(H,38,39). The predicted molar refractivity (Wildman–Crippen MR) is 165 cm³/mol. The van der Waals surface area contributed by atoms with E-state index in [0.29, 0.717) is 61.4 Å². The van der Waals surface area contributed by atoms with Gasteiger partial charge in [-0.25, -0.2) is 4.98 Å². The first kappa shape index (κ1) is 29.1. The molecule has 6 nitrogen and oxygen atoms in total. The quantitative estimate of drug-likeness (QED) is 0.249. The zero-order chi connectivity index (χ0) is 30.1. The fraction of sp³-hybridized carbons (Fsp3) is 0.250. The Morgan fingerprint density at radius 3 is 2.42 bits per heavy atom. The van der Waals surface area contributed by atoms with Crippen LogP contribution in [0.5, 0.6) is 0 Å². The minimum absolute atomic E-state index is 0.0217. The van der Waals surface area contributed by atoms with E-state index in [-0.39, 0.29) is 23.0 Å². The number of hydrogen-bond donors (Lipinski definition) is 1. The van der Waals surface area contributed by atoms with E-state index in [1.54, 1.807) is 12.3 Å². The Balaban J connectivity index is 1.21. The second-order valence-electron chi connectivity index (χ2n) is 10.6. The van der Waals surface area contributed by atoms with Crippen molar-refractivity contribution in [3.63, 3.8) is 0 Å². The Labute approximate surface area is 257 Å². The van der Waals surface area contributed by atoms with E-state index >= 15 is 0 Å². The predicted octanol–water partition coefficient (Wildman–Crippen LogP) is 7.47. The van der Waals surface area contributed by atoms with E-state index in [9.17, 15) is 18.0 Å². The number of para-hydroxylation sites is 1. The van der Waals surface area contributed by atoms with Gasteiger partial charge in [-0.1, -0.05) is 47.5 Å². The fourth-order valence-electron chi connectivity index (χ4n) is 5.63. The number of aromatic nitrogens is 1. The van der Waals surface area contributed by atoms with Crippen LogP contribution in [0.3, 0.4) is 0 Å². The van der Waals surface area contributed by atoms with Gasteiger partial charge in [-0.15, -0.1) is 0 Å². The van der Waals surface area contributed by atoms with Gasteiger partial charge in [0, 0.05) is 68.2 Å². The van der Waals surface area contributed by atoms with Crippen molar-refractivity contribution in [2.24, 2.45) is 0 Å². The Kier molecular flexibility index (Phi) is 8.11. The van der Waals surface area contributed by atoms with Gasteiger partial charge in [0.25, 0.3) is 5.91 Å². The van der Waals surface area contributed by atoms with Crippen LogP contribution in [-0.4, -0.2) is 55.1 Å². The number of fused-ring (bicyclic) bond motifs is 1.